The number of hydrogen-bond donors (Lipinski definition) is 1. The summed E-state index contributed by atoms with van der Waals surface area (Å²) in [7, 11) is 0. The Labute approximate surface area is 144 Å². The molecule has 0 atom stereocenters. The average Bonchev–Trinajstić information content (AvgIpc) is 2.59. The minimum absolute atomic E-state index is 0.554. The Morgan fingerprint density at radius 2 is 1.68 bits per heavy atom. The molecular formula is C19H19F2NO3. The van der Waals surface area contributed by atoms with Gasteiger partial charge in [0.25, 0.3) is 5.91 Å². The summed E-state index contributed by atoms with van der Waals surface area (Å²) in [5, 5.41) is 2.56. The summed E-state index contributed by atoms with van der Waals surface area (Å²) < 4.78 is 31.6. The van der Waals surface area contributed by atoms with Gasteiger partial charge in [-0.3, -0.25) is 4.79 Å². The van der Waals surface area contributed by atoms with Crippen LogP contribution in [0.25, 0.3) is 0 Å². The number of carbonyl (C=O) groups excluding carboxylic acids is 2. The van der Waals surface area contributed by atoms with Crippen LogP contribution in [0.4, 0.5) is 14.5 Å². The van der Waals surface area contributed by atoms with Crippen molar-refractivity contribution in [3.8, 4) is 0 Å². The SMILES string of the molecule is CCCCc1ccc(NC(=O)COC(=O)c2c(F)cccc2F)cc1. The summed E-state index contributed by atoms with van der Waals surface area (Å²) >= 11 is 0. The fourth-order valence-electron chi connectivity index (χ4n) is 2.23. The van der Waals surface area contributed by atoms with Gasteiger partial charge in [0.2, 0.25) is 0 Å². The third kappa shape index (κ3) is 5.38. The molecule has 2 aromatic carbocycles. The molecule has 0 bridgehead atoms. The highest BCUT2D eigenvalue weighted by molar-refractivity contribution is 5.95. The molecule has 0 saturated heterocycles. The van der Waals surface area contributed by atoms with Gasteiger partial charge >= 0.3 is 5.97 Å². The van der Waals surface area contributed by atoms with Gasteiger partial charge < -0.3 is 10.1 Å². The number of carbonyl (C=O) groups is 2. The lowest BCUT2D eigenvalue weighted by molar-refractivity contribution is -0.119. The van der Waals surface area contributed by atoms with Crippen molar-refractivity contribution in [1.82, 2.24) is 0 Å². The molecular weight excluding hydrogens is 328 g/mol. The zero-order valence-corrected chi connectivity index (χ0v) is 13.9. The number of aryl methyl sites for hydroxylation is 1. The van der Waals surface area contributed by atoms with E-state index in [9.17, 15) is 18.4 Å². The maximum Gasteiger partial charge on any atom is 0.344 e. The second-order valence-electron chi connectivity index (χ2n) is 5.52. The Morgan fingerprint density at radius 1 is 1.04 bits per heavy atom. The van der Waals surface area contributed by atoms with Gasteiger partial charge in [-0.15, -0.1) is 0 Å². The maximum atomic E-state index is 13.5. The smallest absolute Gasteiger partial charge is 0.344 e. The van der Waals surface area contributed by atoms with Crippen LogP contribution in [0.5, 0.6) is 0 Å². The van der Waals surface area contributed by atoms with Crippen LogP contribution in [0.1, 0.15) is 35.7 Å². The van der Waals surface area contributed by atoms with Crippen molar-refractivity contribution in [3.05, 3.63) is 65.2 Å². The van der Waals surface area contributed by atoms with E-state index in [1.165, 1.54) is 5.56 Å². The first-order valence-corrected chi connectivity index (χ1v) is 8.01. The van der Waals surface area contributed by atoms with E-state index in [0.717, 1.165) is 37.5 Å². The van der Waals surface area contributed by atoms with Gasteiger partial charge in [-0.05, 0) is 42.7 Å². The van der Waals surface area contributed by atoms with Gasteiger partial charge in [0.15, 0.2) is 6.61 Å². The topological polar surface area (TPSA) is 55.4 Å². The van der Waals surface area contributed by atoms with Crippen molar-refractivity contribution in [2.24, 2.45) is 0 Å². The number of halogens is 2. The molecule has 6 heteroatoms. The van der Waals surface area contributed by atoms with Crippen molar-refractivity contribution in [2.45, 2.75) is 26.2 Å². The van der Waals surface area contributed by atoms with Gasteiger partial charge in [0.05, 0.1) is 0 Å². The average molecular weight is 347 g/mol. The van der Waals surface area contributed by atoms with Crippen LogP contribution >= 0.6 is 0 Å². The Bertz CT molecular complexity index is 725. The first-order valence-electron chi connectivity index (χ1n) is 8.01. The van der Waals surface area contributed by atoms with Crippen molar-refractivity contribution < 1.29 is 23.1 Å². The molecule has 0 aliphatic rings. The third-order valence-electron chi connectivity index (χ3n) is 3.56. The van der Waals surface area contributed by atoms with Crippen LogP contribution in [0.3, 0.4) is 0 Å². The van der Waals surface area contributed by atoms with Crippen molar-refractivity contribution in [3.63, 3.8) is 0 Å². The number of hydrogen-bond acceptors (Lipinski definition) is 3. The number of nitrogens with one attached hydrogen (secondary N) is 1. The zero-order valence-electron chi connectivity index (χ0n) is 13.9. The number of unbranched alkanes of at least 4 members (excludes halogenated alkanes) is 1. The normalized spacial score (nSPS) is 10.4. The van der Waals surface area contributed by atoms with Crippen molar-refractivity contribution >= 4 is 17.6 Å². The molecule has 1 N–H and O–H groups in total. The number of anilines is 1. The van der Waals surface area contributed by atoms with E-state index in [4.69, 9.17) is 0 Å². The highest BCUT2D eigenvalue weighted by atomic mass is 19.1. The third-order valence-corrected chi connectivity index (χ3v) is 3.56. The Morgan fingerprint density at radius 3 is 2.28 bits per heavy atom. The summed E-state index contributed by atoms with van der Waals surface area (Å²) in [6.07, 6.45) is 3.16. The monoisotopic (exact) mass is 347 g/mol. The largest absolute Gasteiger partial charge is 0.452 e. The summed E-state index contributed by atoms with van der Waals surface area (Å²) in [6, 6.07) is 10.3. The zero-order chi connectivity index (χ0) is 18.2. The molecule has 0 radical (unpaired) electrons. The summed E-state index contributed by atoms with van der Waals surface area (Å²) in [4.78, 5) is 23.5. The minimum atomic E-state index is -1.22. The van der Waals surface area contributed by atoms with Crippen molar-refractivity contribution in [2.75, 3.05) is 11.9 Å². The fraction of sp³-hybridized carbons (Fsp3) is 0.263. The molecule has 0 spiro atoms. The molecule has 25 heavy (non-hydrogen) atoms. The minimum Gasteiger partial charge on any atom is -0.452 e. The predicted molar refractivity (Wildman–Crippen MR) is 90.3 cm³/mol. The summed E-state index contributed by atoms with van der Waals surface area (Å²) in [6.45, 7) is 1.48. The number of benzene rings is 2. The summed E-state index contributed by atoms with van der Waals surface area (Å²) in [5.74, 6) is -3.88. The number of rotatable bonds is 7. The lowest BCUT2D eigenvalue weighted by Gasteiger charge is -2.08. The highest BCUT2D eigenvalue weighted by Crippen LogP contribution is 2.14. The summed E-state index contributed by atoms with van der Waals surface area (Å²) in [5.41, 5.74) is 0.912. The molecule has 2 rings (SSSR count). The van der Waals surface area contributed by atoms with Crippen LogP contribution in [-0.2, 0) is 16.0 Å². The molecule has 0 aliphatic heterocycles. The van der Waals surface area contributed by atoms with Gasteiger partial charge in [0.1, 0.15) is 17.2 Å². The Balaban J connectivity index is 1.87. The van der Waals surface area contributed by atoms with E-state index in [2.05, 4.69) is 17.0 Å². The van der Waals surface area contributed by atoms with Crippen LogP contribution < -0.4 is 5.32 Å². The second kappa shape index (κ2) is 8.92. The van der Waals surface area contributed by atoms with E-state index in [1.807, 2.05) is 12.1 Å². The molecule has 1 amide bonds. The highest BCUT2D eigenvalue weighted by Gasteiger charge is 2.19. The molecule has 132 valence electrons. The van der Waals surface area contributed by atoms with Crippen LogP contribution in [-0.4, -0.2) is 18.5 Å². The van der Waals surface area contributed by atoms with E-state index < -0.39 is 35.7 Å². The number of esters is 1. The van der Waals surface area contributed by atoms with E-state index in [1.54, 1.807) is 12.1 Å². The fourth-order valence-corrected chi connectivity index (χ4v) is 2.23. The first kappa shape index (κ1) is 18.6. The lowest BCUT2D eigenvalue weighted by Crippen LogP contribution is -2.21. The Kier molecular flexibility index (Phi) is 6.62. The molecule has 0 fully saturated rings. The predicted octanol–water partition coefficient (Wildman–Crippen LogP) is 4.10. The maximum absolute atomic E-state index is 13.5. The van der Waals surface area contributed by atoms with Crippen molar-refractivity contribution in [1.29, 1.82) is 0 Å². The number of ether oxygens (including phenoxy) is 1. The second-order valence-corrected chi connectivity index (χ2v) is 5.52. The van der Waals surface area contributed by atoms with Gasteiger partial charge in [0, 0.05) is 5.69 Å². The molecule has 0 heterocycles. The van der Waals surface area contributed by atoms with Gasteiger partial charge in [-0.25, -0.2) is 13.6 Å². The molecule has 0 aromatic heterocycles. The van der Waals surface area contributed by atoms with E-state index >= 15 is 0 Å². The van der Waals surface area contributed by atoms with E-state index in [0.29, 0.717) is 5.69 Å². The molecule has 0 aliphatic carbocycles. The van der Waals surface area contributed by atoms with Gasteiger partial charge in [-0.1, -0.05) is 31.5 Å². The van der Waals surface area contributed by atoms with E-state index in [-0.39, 0.29) is 0 Å². The Hall–Kier alpha value is -2.76. The molecule has 0 unspecified atom stereocenters. The number of amides is 1. The molecule has 2 aromatic rings. The molecule has 4 nitrogen and oxygen atoms in total. The van der Waals surface area contributed by atoms with Crippen LogP contribution in [0, 0.1) is 11.6 Å². The van der Waals surface area contributed by atoms with Crippen LogP contribution in [0.2, 0.25) is 0 Å². The quantitative estimate of drug-likeness (QED) is 0.767. The molecule has 0 saturated carbocycles. The lowest BCUT2D eigenvalue weighted by atomic mass is 10.1. The van der Waals surface area contributed by atoms with Gasteiger partial charge in [-0.2, -0.15) is 0 Å². The standard InChI is InChI=1S/C19H19F2NO3/c1-2-3-5-13-8-10-14(11-9-13)22-17(23)12-25-19(24)18-15(20)6-4-7-16(18)21/h4,6-11H,2-3,5,12H2,1H3,(H,22,23). The first-order chi connectivity index (χ1) is 12.0. The van der Waals surface area contributed by atoms with Crippen LogP contribution in [0.15, 0.2) is 42.5 Å².